The van der Waals surface area contributed by atoms with Crippen LogP contribution in [0.2, 0.25) is 0 Å². The second-order valence-electron chi connectivity index (χ2n) is 6.24. The lowest BCUT2D eigenvalue weighted by molar-refractivity contribution is 0.461. The first-order valence-electron chi connectivity index (χ1n) is 8.20. The summed E-state index contributed by atoms with van der Waals surface area (Å²) in [6.45, 7) is 2.88. The molecule has 0 saturated carbocycles. The van der Waals surface area contributed by atoms with Crippen LogP contribution in [0.4, 0.5) is 4.39 Å². The molecule has 0 spiro atoms. The number of aromatic nitrogens is 2. The Bertz CT molecular complexity index is 801. The highest BCUT2D eigenvalue weighted by Gasteiger charge is 2.20. The molecule has 1 saturated heterocycles. The van der Waals surface area contributed by atoms with Crippen LogP contribution in [0.3, 0.4) is 0 Å². The molecule has 118 valence electrons. The molecule has 0 aliphatic carbocycles. The number of nitrogens with zero attached hydrogens (tertiary/aromatic N) is 2. The molecule has 0 radical (unpaired) electrons. The van der Waals surface area contributed by atoms with Gasteiger partial charge in [-0.3, -0.25) is 0 Å². The lowest BCUT2D eigenvalue weighted by Gasteiger charge is -2.22. The van der Waals surface area contributed by atoms with Crippen molar-refractivity contribution in [3.8, 4) is 0 Å². The van der Waals surface area contributed by atoms with Gasteiger partial charge in [0, 0.05) is 24.3 Å². The van der Waals surface area contributed by atoms with Crippen molar-refractivity contribution in [2.24, 2.45) is 0 Å². The first kappa shape index (κ1) is 14.4. The second-order valence-corrected chi connectivity index (χ2v) is 6.24. The highest BCUT2D eigenvalue weighted by atomic mass is 19.1. The minimum absolute atomic E-state index is 0.195. The molecule has 23 heavy (non-hydrogen) atoms. The predicted molar refractivity (Wildman–Crippen MR) is 90.1 cm³/mol. The standard InChI is InChI=1S/C19H20FN3/c20-16-5-3-14(4-6-16)12-23-13-18(15-7-10-21-11-8-15)17-2-1-9-22-19(17)23/h1-6,9,13,15,21H,7-8,10-12H2. The van der Waals surface area contributed by atoms with E-state index in [1.807, 2.05) is 24.4 Å². The lowest BCUT2D eigenvalue weighted by atomic mass is 9.90. The number of piperidine rings is 1. The van der Waals surface area contributed by atoms with Crippen molar-refractivity contribution in [3.63, 3.8) is 0 Å². The van der Waals surface area contributed by atoms with E-state index in [0.29, 0.717) is 5.92 Å². The first-order valence-corrected chi connectivity index (χ1v) is 8.20. The van der Waals surface area contributed by atoms with Crippen molar-refractivity contribution in [2.75, 3.05) is 13.1 Å². The second kappa shape index (κ2) is 6.13. The van der Waals surface area contributed by atoms with Crippen LogP contribution < -0.4 is 5.32 Å². The summed E-state index contributed by atoms with van der Waals surface area (Å²) < 4.78 is 15.3. The van der Waals surface area contributed by atoms with Gasteiger partial charge in [0.2, 0.25) is 0 Å². The molecule has 4 heteroatoms. The van der Waals surface area contributed by atoms with Gasteiger partial charge in [0.05, 0.1) is 0 Å². The fourth-order valence-electron chi connectivity index (χ4n) is 3.52. The Morgan fingerprint density at radius 1 is 1.13 bits per heavy atom. The number of benzene rings is 1. The van der Waals surface area contributed by atoms with Crippen LogP contribution in [0.15, 0.2) is 48.8 Å². The first-order chi connectivity index (χ1) is 11.3. The molecule has 0 atom stereocenters. The zero-order chi connectivity index (χ0) is 15.6. The number of hydrogen-bond donors (Lipinski definition) is 1. The third-order valence-corrected chi connectivity index (χ3v) is 4.71. The van der Waals surface area contributed by atoms with Gasteiger partial charge >= 0.3 is 0 Å². The van der Waals surface area contributed by atoms with Crippen molar-refractivity contribution in [1.29, 1.82) is 0 Å². The molecule has 1 aromatic carbocycles. The smallest absolute Gasteiger partial charge is 0.140 e. The summed E-state index contributed by atoms with van der Waals surface area (Å²) in [4.78, 5) is 4.58. The van der Waals surface area contributed by atoms with E-state index >= 15 is 0 Å². The molecular weight excluding hydrogens is 289 g/mol. The van der Waals surface area contributed by atoms with Crippen molar-refractivity contribution in [1.82, 2.24) is 14.9 Å². The van der Waals surface area contributed by atoms with Crippen molar-refractivity contribution >= 4 is 11.0 Å². The number of pyridine rings is 1. The summed E-state index contributed by atoms with van der Waals surface area (Å²) in [5.74, 6) is 0.400. The molecule has 3 heterocycles. The lowest BCUT2D eigenvalue weighted by Crippen LogP contribution is -2.26. The van der Waals surface area contributed by atoms with Gasteiger partial charge in [-0.1, -0.05) is 12.1 Å². The summed E-state index contributed by atoms with van der Waals surface area (Å²) in [7, 11) is 0. The van der Waals surface area contributed by atoms with E-state index in [4.69, 9.17) is 0 Å². The Morgan fingerprint density at radius 3 is 2.70 bits per heavy atom. The highest BCUT2D eigenvalue weighted by molar-refractivity contribution is 5.81. The topological polar surface area (TPSA) is 29.9 Å². The Labute approximate surface area is 135 Å². The van der Waals surface area contributed by atoms with Crippen LogP contribution in [0.25, 0.3) is 11.0 Å². The molecule has 1 aliphatic heterocycles. The number of nitrogens with one attached hydrogen (secondary N) is 1. The SMILES string of the molecule is Fc1ccc(Cn2cc(C3CCNCC3)c3cccnc32)cc1. The van der Waals surface area contributed by atoms with Crippen LogP contribution in [0, 0.1) is 5.82 Å². The van der Waals surface area contributed by atoms with Crippen molar-refractivity contribution < 1.29 is 4.39 Å². The molecule has 3 nitrogen and oxygen atoms in total. The maximum Gasteiger partial charge on any atom is 0.140 e. The number of halogens is 1. The van der Waals surface area contributed by atoms with Gasteiger partial charge in [0.25, 0.3) is 0 Å². The summed E-state index contributed by atoms with van der Waals surface area (Å²) in [6, 6.07) is 10.9. The molecule has 0 bridgehead atoms. The molecule has 2 aromatic heterocycles. The average Bonchev–Trinajstić information content (AvgIpc) is 2.97. The van der Waals surface area contributed by atoms with E-state index in [0.717, 1.165) is 30.8 Å². The van der Waals surface area contributed by atoms with Gasteiger partial charge in [0.15, 0.2) is 0 Å². The highest BCUT2D eigenvalue weighted by Crippen LogP contribution is 2.32. The van der Waals surface area contributed by atoms with E-state index in [1.165, 1.54) is 35.9 Å². The molecule has 1 fully saturated rings. The quantitative estimate of drug-likeness (QED) is 0.799. The van der Waals surface area contributed by atoms with E-state index in [-0.39, 0.29) is 5.82 Å². The van der Waals surface area contributed by atoms with E-state index in [9.17, 15) is 4.39 Å². The zero-order valence-corrected chi connectivity index (χ0v) is 13.0. The monoisotopic (exact) mass is 309 g/mol. The molecule has 1 aliphatic rings. The van der Waals surface area contributed by atoms with Gasteiger partial charge in [-0.05, 0) is 67.2 Å². The third kappa shape index (κ3) is 2.86. The van der Waals surface area contributed by atoms with Crippen LogP contribution >= 0.6 is 0 Å². The molecule has 0 amide bonds. The summed E-state index contributed by atoms with van der Waals surface area (Å²) in [5, 5.41) is 4.68. The fourth-order valence-corrected chi connectivity index (χ4v) is 3.52. The van der Waals surface area contributed by atoms with Crippen LogP contribution in [-0.4, -0.2) is 22.6 Å². The predicted octanol–water partition coefficient (Wildman–Crippen LogP) is 3.69. The van der Waals surface area contributed by atoms with Crippen molar-refractivity contribution in [2.45, 2.75) is 25.3 Å². The van der Waals surface area contributed by atoms with Gasteiger partial charge in [-0.25, -0.2) is 9.37 Å². The summed E-state index contributed by atoms with van der Waals surface area (Å²) in [6.07, 6.45) is 6.43. The Hall–Kier alpha value is -2.20. The maximum atomic E-state index is 13.1. The molecule has 0 unspecified atom stereocenters. The van der Waals surface area contributed by atoms with Crippen LogP contribution in [-0.2, 0) is 6.54 Å². The van der Waals surface area contributed by atoms with Gasteiger partial charge in [-0.2, -0.15) is 0 Å². The Balaban J connectivity index is 1.73. The number of fused-ring (bicyclic) bond motifs is 1. The maximum absolute atomic E-state index is 13.1. The minimum atomic E-state index is -0.195. The summed E-state index contributed by atoms with van der Waals surface area (Å²) >= 11 is 0. The number of rotatable bonds is 3. The van der Waals surface area contributed by atoms with E-state index in [1.54, 1.807) is 0 Å². The van der Waals surface area contributed by atoms with Crippen LogP contribution in [0.5, 0.6) is 0 Å². The number of hydrogen-bond acceptors (Lipinski definition) is 2. The zero-order valence-electron chi connectivity index (χ0n) is 13.0. The van der Waals surface area contributed by atoms with E-state index < -0.39 is 0 Å². The van der Waals surface area contributed by atoms with Gasteiger partial charge < -0.3 is 9.88 Å². The normalized spacial score (nSPS) is 16.0. The summed E-state index contributed by atoms with van der Waals surface area (Å²) in [5.41, 5.74) is 3.51. The van der Waals surface area contributed by atoms with Gasteiger partial charge in [-0.15, -0.1) is 0 Å². The van der Waals surface area contributed by atoms with E-state index in [2.05, 4.69) is 27.1 Å². The molecule has 1 N–H and O–H groups in total. The van der Waals surface area contributed by atoms with Gasteiger partial charge in [0.1, 0.15) is 11.5 Å². The largest absolute Gasteiger partial charge is 0.328 e. The minimum Gasteiger partial charge on any atom is -0.328 e. The van der Waals surface area contributed by atoms with Crippen LogP contribution in [0.1, 0.15) is 29.9 Å². The molecular formula is C19H20FN3. The fraction of sp³-hybridized carbons (Fsp3) is 0.316. The van der Waals surface area contributed by atoms with Crippen molar-refractivity contribution in [3.05, 3.63) is 65.7 Å². The third-order valence-electron chi connectivity index (χ3n) is 4.71. The Morgan fingerprint density at radius 2 is 1.91 bits per heavy atom. The Kier molecular flexibility index (Phi) is 3.83. The molecule has 4 rings (SSSR count). The molecule has 3 aromatic rings. The average molecular weight is 309 g/mol.